The number of rotatable bonds is 3. The Morgan fingerprint density at radius 3 is 2.77 bits per heavy atom. The average molecular weight is 202 g/mol. The van der Waals surface area contributed by atoms with Gasteiger partial charge in [-0.05, 0) is 19.2 Å². The largest absolute Gasteiger partial charge is 0.508 e. The zero-order chi connectivity index (χ0) is 9.84. The molecule has 13 heavy (non-hydrogen) atoms. The van der Waals surface area contributed by atoms with Gasteiger partial charge in [-0.25, -0.2) is 0 Å². The van der Waals surface area contributed by atoms with Gasteiger partial charge in [0.2, 0.25) is 0 Å². The van der Waals surface area contributed by atoms with Gasteiger partial charge in [0, 0.05) is 12.1 Å². The lowest BCUT2D eigenvalue weighted by atomic mass is 10.1. The topological polar surface area (TPSA) is 52.5 Å². The van der Waals surface area contributed by atoms with Crippen LogP contribution in [0.15, 0.2) is 18.2 Å². The molecule has 0 heterocycles. The molecule has 72 valence electrons. The summed E-state index contributed by atoms with van der Waals surface area (Å²) in [6, 6.07) is 4.52. The molecule has 1 aromatic rings. The molecular formula is C9H12ClNO2. The number of benzene rings is 1. The number of phenols is 1. The molecule has 0 amide bonds. The number of likely N-dealkylation sites (N-methyl/N-ethyl adjacent to an activating group) is 1. The Bertz CT molecular complexity index is 291. The van der Waals surface area contributed by atoms with Crippen LogP contribution in [0.3, 0.4) is 0 Å². The summed E-state index contributed by atoms with van der Waals surface area (Å²) in [5.74, 6) is 0.102. The van der Waals surface area contributed by atoms with E-state index in [-0.39, 0.29) is 5.75 Å². The lowest BCUT2D eigenvalue weighted by Gasteiger charge is -2.11. The van der Waals surface area contributed by atoms with Gasteiger partial charge in [-0.15, -0.1) is 0 Å². The molecule has 0 spiro atoms. The van der Waals surface area contributed by atoms with Crippen LogP contribution < -0.4 is 5.32 Å². The summed E-state index contributed by atoms with van der Waals surface area (Å²) in [6.45, 7) is 0.435. The van der Waals surface area contributed by atoms with E-state index >= 15 is 0 Å². The summed E-state index contributed by atoms with van der Waals surface area (Å²) in [6.07, 6.45) is -0.641. The molecule has 1 aromatic carbocycles. The first-order valence-corrected chi connectivity index (χ1v) is 4.34. The van der Waals surface area contributed by atoms with Crippen molar-refractivity contribution >= 4 is 11.6 Å². The highest BCUT2D eigenvalue weighted by Gasteiger charge is 2.10. The fraction of sp³-hybridized carbons (Fsp3) is 0.333. The van der Waals surface area contributed by atoms with Crippen molar-refractivity contribution < 1.29 is 10.2 Å². The van der Waals surface area contributed by atoms with Crippen LogP contribution in [0.1, 0.15) is 11.7 Å². The first-order valence-electron chi connectivity index (χ1n) is 3.96. The number of phenolic OH excluding ortho intramolecular Hbond substituents is 1. The van der Waals surface area contributed by atoms with E-state index in [1.54, 1.807) is 13.1 Å². The number of aliphatic hydroxyl groups is 1. The summed E-state index contributed by atoms with van der Waals surface area (Å²) in [7, 11) is 1.75. The van der Waals surface area contributed by atoms with Crippen molar-refractivity contribution in [3.8, 4) is 5.75 Å². The zero-order valence-electron chi connectivity index (χ0n) is 7.29. The molecule has 1 unspecified atom stereocenters. The number of aliphatic hydroxyl groups excluding tert-OH is 1. The normalized spacial score (nSPS) is 12.8. The Labute approximate surface area is 82.0 Å². The van der Waals surface area contributed by atoms with E-state index in [9.17, 15) is 5.11 Å². The number of nitrogens with one attached hydrogen (secondary N) is 1. The molecule has 1 rings (SSSR count). The van der Waals surface area contributed by atoms with Crippen molar-refractivity contribution in [2.45, 2.75) is 6.10 Å². The second-order valence-corrected chi connectivity index (χ2v) is 3.19. The highest BCUT2D eigenvalue weighted by molar-refractivity contribution is 6.31. The Kier molecular flexibility index (Phi) is 3.54. The standard InChI is InChI=1S/C9H12ClNO2/c1-11-5-9(13)7-3-2-6(12)4-8(7)10/h2-4,9,11-13H,5H2,1H3. The molecule has 3 nitrogen and oxygen atoms in total. The quantitative estimate of drug-likeness (QED) is 0.691. The SMILES string of the molecule is CNCC(O)c1ccc(O)cc1Cl. The van der Waals surface area contributed by atoms with E-state index in [1.807, 2.05) is 0 Å². The molecular weight excluding hydrogens is 190 g/mol. The van der Waals surface area contributed by atoms with Crippen LogP contribution >= 0.6 is 11.6 Å². The fourth-order valence-electron chi connectivity index (χ4n) is 1.09. The van der Waals surface area contributed by atoms with Gasteiger partial charge in [0.25, 0.3) is 0 Å². The Morgan fingerprint density at radius 2 is 2.23 bits per heavy atom. The van der Waals surface area contributed by atoms with Crippen LogP contribution in [0.4, 0.5) is 0 Å². The Morgan fingerprint density at radius 1 is 1.54 bits per heavy atom. The predicted molar refractivity (Wildman–Crippen MR) is 52.0 cm³/mol. The fourth-order valence-corrected chi connectivity index (χ4v) is 1.39. The lowest BCUT2D eigenvalue weighted by Crippen LogP contribution is -2.16. The van der Waals surface area contributed by atoms with Gasteiger partial charge in [0.05, 0.1) is 11.1 Å². The first-order chi connectivity index (χ1) is 6.15. The monoisotopic (exact) mass is 201 g/mol. The zero-order valence-corrected chi connectivity index (χ0v) is 8.04. The summed E-state index contributed by atoms with van der Waals surface area (Å²) < 4.78 is 0. The number of hydrogen-bond acceptors (Lipinski definition) is 3. The molecule has 4 heteroatoms. The molecule has 0 fully saturated rings. The van der Waals surface area contributed by atoms with Crippen LogP contribution in [0, 0.1) is 0 Å². The van der Waals surface area contributed by atoms with Crippen LogP contribution in [0.5, 0.6) is 5.75 Å². The number of halogens is 1. The molecule has 3 N–H and O–H groups in total. The number of hydrogen-bond donors (Lipinski definition) is 3. The maximum Gasteiger partial charge on any atom is 0.117 e. The van der Waals surface area contributed by atoms with Crippen LogP contribution in [0.2, 0.25) is 5.02 Å². The third-order valence-corrected chi connectivity index (χ3v) is 2.07. The van der Waals surface area contributed by atoms with Crippen molar-refractivity contribution in [1.29, 1.82) is 0 Å². The van der Waals surface area contributed by atoms with E-state index in [0.717, 1.165) is 0 Å². The van der Waals surface area contributed by atoms with Gasteiger partial charge in [-0.1, -0.05) is 17.7 Å². The summed E-state index contributed by atoms with van der Waals surface area (Å²) in [4.78, 5) is 0. The minimum Gasteiger partial charge on any atom is -0.508 e. The summed E-state index contributed by atoms with van der Waals surface area (Å²) in [5.41, 5.74) is 0.619. The van der Waals surface area contributed by atoms with Crippen LogP contribution in [0.25, 0.3) is 0 Å². The van der Waals surface area contributed by atoms with Gasteiger partial charge in [0.1, 0.15) is 5.75 Å². The van der Waals surface area contributed by atoms with E-state index in [4.69, 9.17) is 16.7 Å². The maximum absolute atomic E-state index is 9.56. The lowest BCUT2D eigenvalue weighted by molar-refractivity contribution is 0.178. The van der Waals surface area contributed by atoms with Crippen molar-refractivity contribution in [2.75, 3.05) is 13.6 Å². The van der Waals surface area contributed by atoms with Gasteiger partial charge in [-0.3, -0.25) is 0 Å². The molecule has 0 aliphatic rings. The average Bonchev–Trinajstić information content (AvgIpc) is 2.04. The Hall–Kier alpha value is -0.770. The maximum atomic E-state index is 9.56. The van der Waals surface area contributed by atoms with Crippen molar-refractivity contribution in [1.82, 2.24) is 5.32 Å². The third kappa shape index (κ3) is 2.59. The van der Waals surface area contributed by atoms with Crippen LogP contribution in [-0.2, 0) is 0 Å². The highest BCUT2D eigenvalue weighted by atomic mass is 35.5. The number of aromatic hydroxyl groups is 1. The molecule has 1 atom stereocenters. The first kappa shape index (κ1) is 10.3. The minimum absolute atomic E-state index is 0.102. The molecule has 0 aliphatic heterocycles. The van der Waals surface area contributed by atoms with E-state index in [2.05, 4.69) is 5.32 Å². The smallest absolute Gasteiger partial charge is 0.117 e. The Balaban J connectivity index is 2.88. The second kappa shape index (κ2) is 4.46. The van der Waals surface area contributed by atoms with Crippen LogP contribution in [-0.4, -0.2) is 23.8 Å². The minimum atomic E-state index is -0.641. The molecule has 0 radical (unpaired) electrons. The summed E-state index contributed by atoms with van der Waals surface area (Å²) in [5, 5.41) is 21.8. The van der Waals surface area contributed by atoms with Gasteiger partial charge in [-0.2, -0.15) is 0 Å². The highest BCUT2D eigenvalue weighted by Crippen LogP contribution is 2.26. The molecule has 0 aliphatic carbocycles. The predicted octanol–water partition coefficient (Wildman–Crippen LogP) is 1.30. The summed E-state index contributed by atoms with van der Waals surface area (Å²) >= 11 is 5.81. The van der Waals surface area contributed by atoms with Crippen molar-refractivity contribution in [3.63, 3.8) is 0 Å². The molecule has 0 saturated carbocycles. The van der Waals surface area contributed by atoms with E-state index < -0.39 is 6.10 Å². The molecule has 0 bridgehead atoms. The molecule has 0 saturated heterocycles. The van der Waals surface area contributed by atoms with Gasteiger partial charge >= 0.3 is 0 Å². The molecule has 0 aromatic heterocycles. The van der Waals surface area contributed by atoms with Gasteiger partial charge in [0.15, 0.2) is 0 Å². The third-order valence-electron chi connectivity index (χ3n) is 1.74. The van der Waals surface area contributed by atoms with Crippen molar-refractivity contribution in [2.24, 2.45) is 0 Å². The second-order valence-electron chi connectivity index (χ2n) is 2.78. The van der Waals surface area contributed by atoms with Crippen molar-refractivity contribution in [3.05, 3.63) is 28.8 Å². The van der Waals surface area contributed by atoms with Gasteiger partial charge < -0.3 is 15.5 Å². The van der Waals surface area contributed by atoms with E-state index in [1.165, 1.54) is 12.1 Å². The van der Waals surface area contributed by atoms with E-state index in [0.29, 0.717) is 17.1 Å².